The first-order valence-electron chi connectivity index (χ1n) is 10.9. The highest BCUT2D eigenvalue weighted by atomic mass is 16.5. The highest BCUT2D eigenvalue weighted by molar-refractivity contribution is 6.22. The van der Waals surface area contributed by atoms with E-state index in [9.17, 15) is 9.59 Å². The molecule has 2 heterocycles. The van der Waals surface area contributed by atoms with E-state index in [1.54, 1.807) is 24.3 Å². The highest BCUT2D eigenvalue weighted by Crippen LogP contribution is 2.29. The smallest absolute Gasteiger partial charge is 0.251 e. The molecule has 2 aliphatic heterocycles. The Labute approximate surface area is 187 Å². The lowest BCUT2D eigenvalue weighted by Crippen LogP contribution is -2.52. The molecule has 0 unspecified atom stereocenters. The average molecular weight is 428 g/mol. The van der Waals surface area contributed by atoms with E-state index in [0.29, 0.717) is 11.4 Å². The van der Waals surface area contributed by atoms with E-state index in [1.807, 2.05) is 48.5 Å². The van der Waals surface area contributed by atoms with Crippen molar-refractivity contribution in [1.29, 1.82) is 0 Å². The molecule has 32 heavy (non-hydrogen) atoms. The van der Waals surface area contributed by atoms with Gasteiger partial charge in [-0.3, -0.25) is 14.5 Å². The Morgan fingerprint density at radius 2 is 1.25 bits per heavy atom. The third kappa shape index (κ3) is 4.09. The number of carbonyl (C=O) groups excluding carboxylic acids is 2. The molecule has 2 amide bonds. The lowest BCUT2D eigenvalue weighted by atomic mass is 10.1. The molecular weight excluding hydrogens is 402 g/mol. The van der Waals surface area contributed by atoms with Gasteiger partial charge in [-0.25, -0.2) is 4.90 Å². The number of hydrogen-bond acceptors (Lipinski definition) is 5. The third-order valence-electron chi connectivity index (χ3n) is 6.07. The number of carbonyl (C=O) groups is 2. The molecule has 6 heteroatoms. The van der Waals surface area contributed by atoms with Crippen molar-refractivity contribution in [2.24, 2.45) is 0 Å². The number of hydrogen-bond donors (Lipinski definition) is 0. The van der Waals surface area contributed by atoms with Crippen molar-refractivity contribution in [3.8, 4) is 11.5 Å². The molecule has 0 saturated carbocycles. The highest BCUT2D eigenvalue weighted by Gasteiger charge is 2.43. The summed E-state index contributed by atoms with van der Waals surface area (Å²) in [5, 5.41) is 0. The van der Waals surface area contributed by atoms with Crippen molar-refractivity contribution < 1.29 is 14.3 Å². The number of imide groups is 1. The van der Waals surface area contributed by atoms with Gasteiger partial charge in [0.1, 0.15) is 11.5 Å². The van der Waals surface area contributed by atoms with Crippen molar-refractivity contribution in [2.75, 3.05) is 36.0 Å². The number of benzene rings is 3. The normalized spacial score (nSPS) is 19.4. The molecule has 5 rings (SSSR count). The number of anilines is 2. The Kier molecular flexibility index (Phi) is 5.60. The summed E-state index contributed by atoms with van der Waals surface area (Å²) in [5.41, 5.74) is 1.78. The predicted molar refractivity (Wildman–Crippen MR) is 124 cm³/mol. The van der Waals surface area contributed by atoms with Crippen LogP contribution in [0.2, 0.25) is 0 Å². The molecule has 2 fully saturated rings. The molecule has 3 aromatic carbocycles. The Morgan fingerprint density at radius 3 is 1.91 bits per heavy atom. The van der Waals surface area contributed by atoms with E-state index < -0.39 is 0 Å². The van der Waals surface area contributed by atoms with Gasteiger partial charge in [0, 0.05) is 31.9 Å². The monoisotopic (exact) mass is 427 g/mol. The van der Waals surface area contributed by atoms with Crippen LogP contribution >= 0.6 is 0 Å². The number of rotatable bonds is 5. The summed E-state index contributed by atoms with van der Waals surface area (Å²) >= 11 is 0. The zero-order valence-corrected chi connectivity index (χ0v) is 17.8. The number of piperazine rings is 1. The van der Waals surface area contributed by atoms with Crippen molar-refractivity contribution in [2.45, 2.75) is 12.5 Å². The van der Waals surface area contributed by atoms with Crippen LogP contribution in [0.5, 0.6) is 11.5 Å². The minimum atomic E-state index is -0.388. The fraction of sp³-hybridized carbons (Fsp3) is 0.231. The first kappa shape index (κ1) is 20.3. The van der Waals surface area contributed by atoms with Crippen LogP contribution in [0.3, 0.4) is 0 Å². The van der Waals surface area contributed by atoms with Crippen LogP contribution in [0, 0.1) is 0 Å². The van der Waals surface area contributed by atoms with Gasteiger partial charge in [0.25, 0.3) is 5.91 Å². The van der Waals surface area contributed by atoms with Gasteiger partial charge in [-0.1, -0.05) is 36.4 Å². The third-order valence-corrected chi connectivity index (χ3v) is 6.07. The SMILES string of the molecule is O=C1C[C@@H](N2CCN(c3ccccc3)CC2)C(=O)N1c1ccc(Oc2ccccc2)cc1. The summed E-state index contributed by atoms with van der Waals surface area (Å²) in [6.45, 7) is 3.20. The maximum atomic E-state index is 13.2. The number of para-hydroxylation sites is 2. The van der Waals surface area contributed by atoms with Crippen LogP contribution in [-0.2, 0) is 9.59 Å². The Bertz CT molecular complexity index is 1080. The van der Waals surface area contributed by atoms with Crippen LogP contribution in [-0.4, -0.2) is 48.9 Å². The van der Waals surface area contributed by atoms with E-state index >= 15 is 0 Å². The molecule has 0 radical (unpaired) electrons. The lowest BCUT2D eigenvalue weighted by Gasteiger charge is -2.38. The van der Waals surface area contributed by atoms with Crippen LogP contribution in [0.15, 0.2) is 84.9 Å². The van der Waals surface area contributed by atoms with Gasteiger partial charge >= 0.3 is 0 Å². The van der Waals surface area contributed by atoms with Gasteiger partial charge in [0.15, 0.2) is 0 Å². The molecule has 0 spiro atoms. The van der Waals surface area contributed by atoms with Crippen molar-refractivity contribution in [3.05, 3.63) is 84.9 Å². The zero-order valence-electron chi connectivity index (χ0n) is 17.8. The van der Waals surface area contributed by atoms with Gasteiger partial charge < -0.3 is 9.64 Å². The van der Waals surface area contributed by atoms with E-state index in [0.717, 1.165) is 31.9 Å². The van der Waals surface area contributed by atoms with Gasteiger partial charge in [0.2, 0.25) is 5.91 Å². The first-order valence-corrected chi connectivity index (χ1v) is 10.9. The van der Waals surface area contributed by atoms with Crippen LogP contribution in [0.1, 0.15) is 6.42 Å². The number of ether oxygens (including phenoxy) is 1. The minimum Gasteiger partial charge on any atom is -0.457 e. The molecule has 0 bridgehead atoms. The number of nitrogens with zero attached hydrogens (tertiary/aromatic N) is 3. The summed E-state index contributed by atoms with van der Waals surface area (Å²) in [4.78, 5) is 31.7. The van der Waals surface area contributed by atoms with Gasteiger partial charge in [-0.05, 0) is 48.5 Å². The quantitative estimate of drug-likeness (QED) is 0.578. The van der Waals surface area contributed by atoms with Gasteiger partial charge in [-0.15, -0.1) is 0 Å². The van der Waals surface area contributed by atoms with Crippen LogP contribution in [0.25, 0.3) is 0 Å². The molecule has 0 N–H and O–H groups in total. The van der Waals surface area contributed by atoms with Crippen LogP contribution in [0.4, 0.5) is 11.4 Å². The van der Waals surface area contributed by atoms with E-state index in [4.69, 9.17) is 4.74 Å². The maximum absolute atomic E-state index is 13.2. The van der Waals surface area contributed by atoms with Crippen molar-refractivity contribution in [1.82, 2.24) is 4.90 Å². The average Bonchev–Trinajstić information content (AvgIpc) is 3.15. The Hall–Kier alpha value is -3.64. The summed E-state index contributed by atoms with van der Waals surface area (Å²) < 4.78 is 5.81. The van der Waals surface area contributed by atoms with E-state index in [1.165, 1.54) is 10.6 Å². The van der Waals surface area contributed by atoms with E-state index in [-0.39, 0.29) is 24.3 Å². The van der Waals surface area contributed by atoms with Gasteiger partial charge in [-0.2, -0.15) is 0 Å². The van der Waals surface area contributed by atoms with Gasteiger partial charge in [0.05, 0.1) is 18.2 Å². The molecular formula is C26H25N3O3. The lowest BCUT2D eigenvalue weighted by molar-refractivity contribution is -0.123. The zero-order chi connectivity index (χ0) is 21.9. The summed E-state index contributed by atoms with van der Waals surface area (Å²) in [6, 6.07) is 26.5. The standard InChI is InChI=1S/C26H25N3O3/c30-25-19-24(28-17-15-27(16-18-28)20-7-3-1-4-8-20)26(31)29(25)21-11-13-23(14-12-21)32-22-9-5-2-6-10-22/h1-14,24H,15-19H2/t24-/m1/s1. The Morgan fingerprint density at radius 1 is 0.656 bits per heavy atom. The molecule has 2 saturated heterocycles. The first-order chi connectivity index (χ1) is 15.7. The second kappa shape index (κ2) is 8.85. The molecule has 0 aromatic heterocycles. The predicted octanol–water partition coefficient (Wildman–Crippen LogP) is 3.93. The Balaban J connectivity index is 1.23. The minimum absolute atomic E-state index is 0.139. The molecule has 1 atom stereocenters. The molecule has 0 aliphatic carbocycles. The molecule has 162 valence electrons. The second-order valence-electron chi connectivity index (χ2n) is 8.05. The summed E-state index contributed by atoms with van der Waals surface area (Å²) in [6.07, 6.45) is 0.229. The largest absolute Gasteiger partial charge is 0.457 e. The number of amides is 2. The van der Waals surface area contributed by atoms with Crippen LogP contribution < -0.4 is 14.5 Å². The topological polar surface area (TPSA) is 53.1 Å². The van der Waals surface area contributed by atoms with E-state index in [2.05, 4.69) is 21.9 Å². The van der Waals surface area contributed by atoms with Crippen molar-refractivity contribution >= 4 is 23.2 Å². The molecule has 2 aliphatic rings. The fourth-order valence-electron chi connectivity index (χ4n) is 4.39. The fourth-order valence-corrected chi connectivity index (χ4v) is 4.39. The molecule has 3 aromatic rings. The summed E-state index contributed by atoms with van der Waals surface area (Å²) in [5.74, 6) is 1.11. The van der Waals surface area contributed by atoms with Crippen molar-refractivity contribution in [3.63, 3.8) is 0 Å². The maximum Gasteiger partial charge on any atom is 0.251 e. The second-order valence-corrected chi connectivity index (χ2v) is 8.05. The summed E-state index contributed by atoms with van der Waals surface area (Å²) in [7, 11) is 0. The molecule has 6 nitrogen and oxygen atoms in total.